The lowest BCUT2D eigenvalue weighted by atomic mass is 10.0. The van der Waals surface area contributed by atoms with Crippen LogP contribution < -0.4 is 10.6 Å². The fourth-order valence-corrected chi connectivity index (χ4v) is 5.82. The van der Waals surface area contributed by atoms with Gasteiger partial charge in [0.2, 0.25) is 5.91 Å². The molecule has 0 radical (unpaired) electrons. The van der Waals surface area contributed by atoms with Crippen molar-refractivity contribution in [3.05, 3.63) is 99.5 Å². The molecule has 0 saturated carbocycles. The zero-order chi connectivity index (χ0) is 29.4. The van der Waals surface area contributed by atoms with Gasteiger partial charge in [-0.1, -0.05) is 71.7 Å². The molecule has 41 heavy (non-hydrogen) atoms. The Bertz CT molecular complexity index is 1390. The first-order valence-electron chi connectivity index (χ1n) is 12.5. The number of carbonyl (C=O) groups excluding carboxylic acids is 4. The number of benzene rings is 3. The predicted molar refractivity (Wildman–Crippen MR) is 158 cm³/mol. The SMILES string of the molecule is COC(=O)[C@H](Cc1ccc(NC(=O)c2c(Cl)cccc2Cl)cc1)NC(=O)C1CSCN1C(=O)OCc1ccccc1. The molecule has 12 heteroatoms. The molecule has 0 bridgehead atoms. The standard InChI is InChI=1S/C29H27Cl2N3O6S/c1-39-28(37)23(14-18-10-12-20(13-11-18)32-27(36)25-21(30)8-5-9-22(25)31)33-26(35)24-16-41-17-34(24)29(38)40-15-19-6-3-2-4-7-19/h2-13,23-24H,14-17H2,1H3,(H,32,36)(H,33,35)/t23-,24?/m0/s1. The first-order chi connectivity index (χ1) is 19.8. The minimum atomic E-state index is -0.998. The summed E-state index contributed by atoms with van der Waals surface area (Å²) in [5.41, 5.74) is 2.18. The summed E-state index contributed by atoms with van der Waals surface area (Å²) >= 11 is 13.7. The van der Waals surface area contributed by atoms with Gasteiger partial charge < -0.3 is 20.1 Å². The van der Waals surface area contributed by atoms with Crippen LogP contribution in [0.3, 0.4) is 0 Å². The first kappa shape index (κ1) is 30.2. The Morgan fingerprint density at radius 1 is 0.951 bits per heavy atom. The lowest BCUT2D eigenvalue weighted by Gasteiger charge is -2.24. The molecular weight excluding hydrogens is 589 g/mol. The first-order valence-corrected chi connectivity index (χ1v) is 14.5. The van der Waals surface area contributed by atoms with E-state index in [-0.39, 0.29) is 28.6 Å². The number of halogens is 2. The van der Waals surface area contributed by atoms with Crippen LogP contribution >= 0.6 is 35.0 Å². The van der Waals surface area contributed by atoms with Gasteiger partial charge in [-0.3, -0.25) is 14.5 Å². The highest BCUT2D eigenvalue weighted by molar-refractivity contribution is 7.99. The number of hydrogen-bond acceptors (Lipinski definition) is 7. The summed E-state index contributed by atoms with van der Waals surface area (Å²) in [6.07, 6.45) is -0.481. The van der Waals surface area contributed by atoms with E-state index in [1.54, 1.807) is 42.5 Å². The number of esters is 1. The van der Waals surface area contributed by atoms with Crippen LogP contribution in [0.25, 0.3) is 0 Å². The van der Waals surface area contributed by atoms with Gasteiger partial charge in [-0.15, -0.1) is 11.8 Å². The Hall–Kier alpha value is -3.73. The fourth-order valence-electron chi connectivity index (χ4n) is 4.11. The van der Waals surface area contributed by atoms with Gasteiger partial charge in [0.05, 0.1) is 28.6 Å². The number of thioether (sulfide) groups is 1. The molecule has 0 spiro atoms. The summed E-state index contributed by atoms with van der Waals surface area (Å²) in [5, 5.41) is 5.92. The van der Waals surface area contributed by atoms with Crippen LogP contribution in [0, 0.1) is 0 Å². The molecule has 0 aromatic heterocycles. The molecule has 214 valence electrons. The van der Waals surface area contributed by atoms with Gasteiger partial charge in [0.25, 0.3) is 5.91 Å². The number of ether oxygens (including phenoxy) is 2. The van der Waals surface area contributed by atoms with E-state index in [1.165, 1.54) is 23.8 Å². The average Bonchev–Trinajstić information content (AvgIpc) is 3.47. The normalized spacial score (nSPS) is 15.1. The summed E-state index contributed by atoms with van der Waals surface area (Å²) < 4.78 is 10.3. The van der Waals surface area contributed by atoms with Crippen LogP contribution in [0.2, 0.25) is 10.0 Å². The molecule has 1 unspecified atom stereocenters. The van der Waals surface area contributed by atoms with Crippen molar-refractivity contribution in [1.29, 1.82) is 0 Å². The number of amides is 3. The Morgan fingerprint density at radius 3 is 2.29 bits per heavy atom. The number of carbonyl (C=O) groups is 4. The molecule has 1 saturated heterocycles. The van der Waals surface area contributed by atoms with Crippen molar-refractivity contribution in [2.24, 2.45) is 0 Å². The van der Waals surface area contributed by atoms with Crippen molar-refractivity contribution in [3.8, 4) is 0 Å². The Labute approximate surface area is 251 Å². The molecule has 2 atom stereocenters. The van der Waals surface area contributed by atoms with E-state index in [2.05, 4.69) is 10.6 Å². The highest BCUT2D eigenvalue weighted by Gasteiger charge is 2.37. The van der Waals surface area contributed by atoms with Crippen LogP contribution in [-0.4, -0.2) is 59.6 Å². The van der Waals surface area contributed by atoms with Crippen LogP contribution in [0.1, 0.15) is 21.5 Å². The molecule has 1 fully saturated rings. The van der Waals surface area contributed by atoms with Gasteiger partial charge in [0.1, 0.15) is 18.7 Å². The zero-order valence-corrected chi connectivity index (χ0v) is 24.3. The molecule has 3 amide bonds. The molecule has 0 aliphatic carbocycles. The van der Waals surface area contributed by atoms with Crippen LogP contribution in [0.5, 0.6) is 0 Å². The number of nitrogens with zero attached hydrogens (tertiary/aromatic N) is 1. The molecular formula is C29H27Cl2N3O6S. The maximum Gasteiger partial charge on any atom is 0.411 e. The minimum Gasteiger partial charge on any atom is -0.467 e. The number of nitrogens with one attached hydrogen (secondary N) is 2. The van der Waals surface area contributed by atoms with Crippen LogP contribution in [-0.2, 0) is 32.1 Å². The largest absolute Gasteiger partial charge is 0.467 e. The van der Waals surface area contributed by atoms with Gasteiger partial charge in [-0.05, 0) is 35.4 Å². The Kier molecular flexibility index (Phi) is 10.5. The second kappa shape index (κ2) is 14.2. The third-order valence-corrected chi connectivity index (χ3v) is 7.91. The van der Waals surface area contributed by atoms with Crippen molar-refractivity contribution < 1.29 is 28.7 Å². The van der Waals surface area contributed by atoms with Gasteiger partial charge in [0, 0.05) is 17.9 Å². The summed E-state index contributed by atoms with van der Waals surface area (Å²) in [5.74, 6) is -0.921. The lowest BCUT2D eigenvalue weighted by Crippen LogP contribution is -2.52. The van der Waals surface area contributed by atoms with E-state index in [0.717, 1.165) is 5.56 Å². The van der Waals surface area contributed by atoms with Crippen LogP contribution in [0.4, 0.5) is 10.5 Å². The van der Waals surface area contributed by atoms with E-state index in [4.69, 9.17) is 32.7 Å². The van der Waals surface area contributed by atoms with Gasteiger partial charge in [-0.2, -0.15) is 0 Å². The highest BCUT2D eigenvalue weighted by atomic mass is 35.5. The molecule has 1 aliphatic rings. The second-order valence-electron chi connectivity index (χ2n) is 9.06. The van der Waals surface area contributed by atoms with Gasteiger partial charge >= 0.3 is 12.1 Å². The van der Waals surface area contributed by atoms with Crippen molar-refractivity contribution >= 4 is 64.5 Å². The summed E-state index contributed by atoms with van der Waals surface area (Å²) in [6, 6.07) is 19.0. The maximum absolute atomic E-state index is 13.2. The summed E-state index contributed by atoms with van der Waals surface area (Å²) in [6.45, 7) is 0.0852. The minimum absolute atomic E-state index is 0.0852. The topological polar surface area (TPSA) is 114 Å². The van der Waals surface area contributed by atoms with E-state index >= 15 is 0 Å². The van der Waals surface area contributed by atoms with E-state index in [1.807, 2.05) is 30.3 Å². The van der Waals surface area contributed by atoms with Gasteiger partial charge in [0.15, 0.2) is 0 Å². The van der Waals surface area contributed by atoms with Crippen molar-refractivity contribution in [2.45, 2.75) is 25.1 Å². The highest BCUT2D eigenvalue weighted by Crippen LogP contribution is 2.26. The van der Waals surface area contributed by atoms with Crippen molar-refractivity contribution in [2.75, 3.05) is 24.1 Å². The molecule has 3 aromatic rings. The lowest BCUT2D eigenvalue weighted by molar-refractivity contribution is -0.145. The quantitative estimate of drug-likeness (QED) is 0.320. The third kappa shape index (κ3) is 7.93. The Morgan fingerprint density at radius 2 is 1.63 bits per heavy atom. The molecule has 3 aromatic carbocycles. The van der Waals surface area contributed by atoms with Gasteiger partial charge in [-0.25, -0.2) is 9.59 Å². The van der Waals surface area contributed by atoms with E-state index in [9.17, 15) is 19.2 Å². The number of anilines is 1. The summed E-state index contributed by atoms with van der Waals surface area (Å²) in [7, 11) is 1.23. The smallest absolute Gasteiger partial charge is 0.411 e. The Balaban J connectivity index is 1.37. The molecule has 2 N–H and O–H groups in total. The molecule has 9 nitrogen and oxygen atoms in total. The van der Waals surface area contributed by atoms with Crippen LogP contribution in [0.15, 0.2) is 72.8 Å². The summed E-state index contributed by atoms with van der Waals surface area (Å²) in [4.78, 5) is 52.4. The molecule has 1 heterocycles. The number of rotatable bonds is 9. The maximum atomic E-state index is 13.2. The van der Waals surface area contributed by atoms with E-state index in [0.29, 0.717) is 22.9 Å². The van der Waals surface area contributed by atoms with Crippen molar-refractivity contribution in [3.63, 3.8) is 0 Å². The van der Waals surface area contributed by atoms with E-state index < -0.39 is 36.0 Å². The predicted octanol–water partition coefficient (Wildman–Crippen LogP) is 5.16. The monoisotopic (exact) mass is 615 g/mol. The number of methoxy groups -OCH3 is 1. The second-order valence-corrected chi connectivity index (χ2v) is 10.9. The fraction of sp³-hybridized carbons (Fsp3) is 0.241. The zero-order valence-electron chi connectivity index (χ0n) is 22.0. The molecule has 1 aliphatic heterocycles. The average molecular weight is 617 g/mol. The van der Waals surface area contributed by atoms with Crippen molar-refractivity contribution in [1.82, 2.24) is 10.2 Å². The molecule has 4 rings (SSSR count). The number of hydrogen-bond donors (Lipinski definition) is 2. The third-order valence-electron chi connectivity index (χ3n) is 6.27.